The Kier molecular flexibility index (Phi) is 6.84. The van der Waals surface area contributed by atoms with Crippen LogP contribution in [-0.2, 0) is 14.4 Å². The third kappa shape index (κ3) is 4.40. The number of hydrogen-bond acceptors (Lipinski definition) is 4. The van der Waals surface area contributed by atoms with Crippen LogP contribution in [-0.4, -0.2) is 51.5 Å². The highest BCUT2D eigenvalue weighted by Crippen LogP contribution is 2.22. The molecule has 1 heterocycles. The number of amides is 2. The Hall–Kier alpha value is -1.24. The van der Waals surface area contributed by atoms with Crippen LogP contribution in [0.25, 0.3) is 0 Å². The van der Waals surface area contributed by atoms with E-state index >= 15 is 0 Å². The number of nitrogens with zero attached hydrogens (tertiary/aromatic N) is 1. The molecule has 2 atom stereocenters. The molecule has 1 aliphatic rings. The highest BCUT2D eigenvalue weighted by molar-refractivity contribution is 7.99. The van der Waals surface area contributed by atoms with Crippen LogP contribution in [0.15, 0.2) is 0 Å². The van der Waals surface area contributed by atoms with Crippen molar-refractivity contribution >= 4 is 29.5 Å². The fourth-order valence-corrected chi connectivity index (χ4v) is 3.16. The summed E-state index contributed by atoms with van der Waals surface area (Å²) in [7, 11) is 0. The van der Waals surface area contributed by atoms with E-state index in [9.17, 15) is 14.4 Å². The molecule has 20 heavy (non-hydrogen) atoms. The number of aliphatic carboxylic acids is 1. The van der Waals surface area contributed by atoms with Gasteiger partial charge in [-0.3, -0.25) is 9.59 Å². The number of carbonyl (C=O) groups excluding carboxylic acids is 2. The maximum atomic E-state index is 12.1. The predicted octanol–water partition coefficient (Wildman–Crippen LogP) is 1.06. The minimum absolute atomic E-state index is 0.0274. The van der Waals surface area contributed by atoms with Crippen LogP contribution in [0, 0.1) is 0 Å². The van der Waals surface area contributed by atoms with E-state index in [1.807, 2.05) is 6.92 Å². The molecule has 0 aromatic carbocycles. The highest BCUT2D eigenvalue weighted by atomic mass is 32.2. The van der Waals surface area contributed by atoms with Crippen LogP contribution in [0.1, 0.15) is 39.5 Å². The van der Waals surface area contributed by atoms with Crippen molar-refractivity contribution in [3.05, 3.63) is 0 Å². The van der Waals surface area contributed by atoms with Crippen LogP contribution < -0.4 is 5.32 Å². The Morgan fingerprint density at radius 2 is 2.10 bits per heavy atom. The van der Waals surface area contributed by atoms with Crippen molar-refractivity contribution in [1.82, 2.24) is 10.2 Å². The van der Waals surface area contributed by atoms with E-state index in [4.69, 9.17) is 5.11 Å². The van der Waals surface area contributed by atoms with E-state index < -0.39 is 18.1 Å². The van der Waals surface area contributed by atoms with Gasteiger partial charge in [-0.1, -0.05) is 20.3 Å². The number of thioether (sulfide) groups is 1. The molecule has 2 amide bonds. The van der Waals surface area contributed by atoms with Gasteiger partial charge in [0.15, 0.2) is 0 Å². The first-order chi connectivity index (χ1) is 9.51. The normalized spacial score (nSPS) is 19.7. The number of hydrogen-bond donors (Lipinski definition) is 2. The summed E-state index contributed by atoms with van der Waals surface area (Å²) in [5, 5.41) is 11.5. The maximum Gasteiger partial charge on any atom is 0.326 e. The van der Waals surface area contributed by atoms with Gasteiger partial charge in [-0.15, -0.1) is 11.8 Å². The van der Waals surface area contributed by atoms with Crippen LogP contribution >= 0.6 is 11.8 Å². The number of carboxylic acids is 1. The third-order valence-corrected chi connectivity index (χ3v) is 4.28. The second-order valence-electron chi connectivity index (χ2n) is 4.79. The summed E-state index contributed by atoms with van der Waals surface area (Å²) >= 11 is 1.52. The van der Waals surface area contributed by atoms with Crippen molar-refractivity contribution in [2.24, 2.45) is 0 Å². The van der Waals surface area contributed by atoms with E-state index in [0.29, 0.717) is 24.5 Å². The number of unbranched alkanes of at least 4 members (excludes halogenated alkanes) is 1. The first-order valence-corrected chi connectivity index (χ1v) is 8.07. The molecule has 1 saturated heterocycles. The van der Waals surface area contributed by atoms with E-state index in [1.165, 1.54) is 11.8 Å². The van der Waals surface area contributed by atoms with Crippen LogP contribution in [0.3, 0.4) is 0 Å². The van der Waals surface area contributed by atoms with Crippen molar-refractivity contribution in [3.63, 3.8) is 0 Å². The van der Waals surface area contributed by atoms with Crippen molar-refractivity contribution in [2.75, 3.05) is 11.6 Å². The SMILES string of the molecule is CCCCC(=O)N1CSCC1C(=O)NC(CC)C(=O)O. The fraction of sp³-hybridized carbons (Fsp3) is 0.769. The summed E-state index contributed by atoms with van der Waals surface area (Å²) in [5.41, 5.74) is 0. The first-order valence-electron chi connectivity index (χ1n) is 6.91. The molecule has 2 unspecified atom stereocenters. The zero-order valence-electron chi connectivity index (χ0n) is 11.9. The Labute approximate surface area is 123 Å². The van der Waals surface area contributed by atoms with Gasteiger partial charge in [0.05, 0.1) is 5.88 Å². The summed E-state index contributed by atoms with van der Waals surface area (Å²) in [4.78, 5) is 36.6. The number of rotatable bonds is 7. The topological polar surface area (TPSA) is 86.7 Å². The smallest absolute Gasteiger partial charge is 0.326 e. The van der Waals surface area contributed by atoms with Crippen molar-refractivity contribution in [1.29, 1.82) is 0 Å². The molecule has 0 radical (unpaired) electrons. The van der Waals surface area contributed by atoms with Crippen LogP contribution in [0.5, 0.6) is 0 Å². The molecule has 6 nitrogen and oxygen atoms in total. The summed E-state index contributed by atoms with van der Waals surface area (Å²) in [5.74, 6) is -0.408. The highest BCUT2D eigenvalue weighted by Gasteiger charge is 2.35. The molecule has 0 aliphatic carbocycles. The molecule has 114 valence electrons. The summed E-state index contributed by atoms with van der Waals surface area (Å²) in [6.07, 6.45) is 2.50. The molecule has 1 fully saturated rings. The lowest BCUT2D eigenvalue weighted by molar-refractivity contribution is -0.143. The fourth-order valence-electron chi connectivity index (χ4n) is 1.98. The van der Waals surface area contributed by atoms with Gasteiger partial charge in [-0.25, -0.2) is 4.79 Å². The van der Waals surface area contributed by atoms with Gasteiger partial charge in [-0.2, -0.15) is 0 Å². The van der Waals surface area contributed by atoms with Gasteiger partial charge < -0.3 is 15.3 Å². The quantitative estimate of drug-likeness (QED) is 0.734. The predicted molar refractivity (Wildman–Crippen MR) is 77.3 cm³/mol. The average molecular weight is 302 g/mol. The van der Waals surface area contributed by atoms with Crippen LogP contribution in [0.4, 0.5) is 0 Å². The lowest BCUT2D eigenvalue weighted by Crippen LogP contribution is -2.51. The van der Waals surface area contributed by atoms with E-state index in [-0.39, 0.29) is 11.8 Å². The molecule has 1 aliphatic heterocycles. The Morgan fingerprint density at radius 1 is 1.40 bits per heavy atom. The third-order valence-electron chi connectivity index (χ3n) is 3.27. The maximum absolute atomic E-state index is 12.1. The standard InChI is InChI=1S/C13H22N2O4S/c1-3-5-6-11(16)15-8-20-7-10(15)12(17)14-9(4-2)13(18)19/h9-10H,3-8H2,1-2H3,(H,14,17)(H,18,19). The minimum Gasteiger partial charge on any atom is -0.480 e. The zero-order valence-corrected chi connectivity index (χ0v) is 12.7. The second kappa shape index (κ2) is 8.14. The Balaban J connectivity index is 2.61. The van der Waals surface area contributed by atoms with E-state index in [1.54, 1.807) is 11.8 Å². The van der Waals surface area contributed by atoms with E-state index in [2.05, 4.69) is 5.32 Å². The van der Waals surface area contributed by atoms with Gasteiger partial charge >= 0.3 is 5.97 Å². The van der Waals surface area contributed by atoms with Crippen LogP contribution in [0.2, 0.25) is 0 Å². The monoisotopic (exact) mass is 302 g/mol. The molecule has 2 N–H and O–H groups in total. The molecular formula is C13H22N2O4S. The molecule has 0 bridgehead atoms. The molecule has 7 heteroatoms. The van der Waals surface area contributed by atoms with Gasteiger partial charge in [0.25, 0.3) is 0 Å². The summed E-state index contributed by atoms with van der Waals surface area (Å²) in [6.45, 7) is 3.71. The summed E-state index contributed by atoms with van der Waals surface area (Å²) < 4.78 is 0. The molecule has 0 saturated carbocycles. The first kappa shape index (κ1) is 16.8. The van der Waals surface area contributed by atoms with Crippen molar-refractivity contribution in [3.8, 4) is 0 Å². The second-order valence-corrected chi connectivity index (χ2v) is 5.79. The lowest BCUT2D eigenvalue weighted by Gasteiger charge is -2.24. The molecule has 0 aromatic rings. The number of carboxylic acid groups (broad SMARTS) is 1. The van der Waals surface area contributed by atoms with Crippen molar-refractivity contribution < 1.29 is 19.5 Å². The Bertz CT molecular complexity index is 375. The van der Waals surface area contributed by atoms with E-state index in [0.717, 1.165) is 12.8 Å². The van der Waals surface area contributed by atoms with Crippen molar-refractivity contribution in [2.45, 2.75) is 51.6 Å². The molecular weight excluding hydrogens is 280 g/mol. The van der Waals surface area contributed by atoms with Gasteiger partial charge in [0, 0.05) is 12.2 Å². The Morgan fingerprint density at radius 3 is 2.65 bits per heavy atom. The molecule has 0 aromatic heterocycles. The molecule has 0 spiro atoms. The number of carbonyl (C=O) groups is 3. The number of nitrogens with one attached hydrogen (secondary N) is 1. The average Bonchev–Trinajstić information content (AvgIpc) is 2.90. The summed E-state index contributed by atoms with van der Waals surface area (Å²) in [6, 6.07) is -1.43. The largest absolute Gasteiger partial charge is 0.480 e. The molecule has 1 rings (SSSR count). The van der Waals surface area contributed by atoms with Gasteiger partial charge in [-0.05, 0) is 12.8 Å². The lowest BCUT2D eigenvalue weighted by atomic mass is 10.1. The van der Waals surface area contributed by atoms with Gasteiger partial charge in [0.1, 0.15) is 12.1 Å². The van der Waals surface area contributed by atoms with Gasteiger partial charge in [0.2, 0.25) is 11.8 Å². The zero-order chi connectivity index (χ0) is 15.1. The minimum atomic E-state index is -1.05.